The van der Waals surface area contributed by atoms with Crippen LogP contribution in [0.2, 0.25) is 0 Å². The Kier molecular flexibility index (Phi) is 9.62. The highest BCUT2D eigenvalue weighted by molar-refractivity contribution is 7.09. The first kappa shape index (κ1) is 28.3. The van der Waals surface area contributed by atoms with Crippen molar-refractivity contribution in [1.29, 1.82) is 0 Å². The lowest BCUT2D eigenvalue weighted by atomic mass is 9.88. The lowest BCUT2D eigenvalue weighted by Crippen LogP contribution is -2.26. The second kappa shape index (κ2) is 13.9. The molecule has 1 N–H and O–H groups in total. The Morgan fingerprint density at radius 1 is 0.780 bits per heavy atom. The number of hydrogen-bond donors (Lipinski definition) is 1. The predicted molar refractivity (Wildman–Crippen MR) is 160 cm³/mol. The van der Waals surface area contributed by atoms with Crippen molar-refractivity contribution in [1.82, 2.24) is 15.2 Å². The number of hydrogen-bond acceptors (Lipinski definition) is 4. The van der Waals surface area contributed by atoms with Crippen LogP contribution in [0.3, 0.4) is 0 Å². The predicted octanol–water partition coefficient (Wildman–Crippen LogP) is 7.58. The summed E-state index contributed by atoms with van der Waals surface area (Å²) in [5.74, 6) is -0.627. The van der Waals surface area contributed by atoms with E-state index in [-0.39, 0.29) is 23.5 Å². The van der Waals surface area contributed by atoms with E-state index in [9.17, 15) is 13.6 Å². The third-order valence-corrected chi connectivity index (χ3v) is 7.77. The standard InChI is InChI=1S/C34H31F2N3OS/c35-29-17-15-25(16-18-29)21-39(22-28-13-7-8-14-31(28)36)23-33-38-32(24-41-33)34(40)37-20-19-30(26-9-3-1-4-10-26)27-11-5-2-6-12-27/h1-18,24,30H,19-23H2,(H,37,40). The topological polar surface area (TPSA) is 45.2 Å². The summed E-state index contributed by atoms with van der Waals surface area (Å²) < 4.78 is 27.9. The van der Waals surface area contributed by atoms with Crippen molar-refractivity contribution in [3.05, 3.63) is 159 Å². The summed E-state index contributed by atoms with van der Waals surface area (Å²) >= 11 is 1.40. The maximum absolute atomic E-state index is 14.4. The molecule has 0 saturated carbocycles. The zero-order chi connectivity index (χ0) is 28.4. The Bertz CT molecular complexity index is 1500. The smallest absolute Gasteiger partial charge is 0.270 e. The van der Waals surface area contributed by atoms with Gasteiger partial charge in [0.25, 0.3) is 5.91 Å². The van der Waals surface area contributed by atoms with E-state index in [0.717, 1.165) is 17.0 Å². The fourth-order valence-electron chi connectivity index (χ4n) is 4.88. The van der Waals surface area contributed by atoms with Crippen molar-refractivity contribution in [2.75, 3.05) is 6.54 Å². The van der Waals surface area contributed by atoms with E-state index < -0.39 is 0 Å². The Morgan fingerprint density at radius 3 is 2.07 bits per heavy atom. The van der Waals surface area contributed by atoms with E-state index in [0.29, 0.717) is 37.4 Å². The lowest BCUT2D eigenvalue weighted by molar-refractivity contribution is 0.0948. The van der Waals surface area contributed by atoms with Gasteiger partial charge in [0.2, 0.25) is 0 Å². The molecule has 1 aromatic heterocycles. The Labute approximate surface area is 243 Å². The van der Waals surface area contributed by atoms with Crippen molar-refractivity contribution >= 4 is 17.2 Å². The van der Waals surface area contributed by atoms with Crippen molar-refractivity contribution in [2.45, 2.75) is 32.0 Å². The maximum Gasteiger partial charge on any atom is 0.270 e. The molecule has 1 heterocycles. The molecule has 0 fully saturated rings. The number of amides is 1. The molecule has 0 atom stereocenters. The van der Waals surface area contributed by atoms with Gasteiger partial charge < -0.3 is 5.32 Å². The van der Waals surface area contributed by atoms with Gasteiger partial charge in [0.15, 0.2) is 0 Å². The van der Waals surface area contributed by atoms with Crippen LogP contribution in [0.15, 0.2) is 115 Å². The molecule has 0 aliphatic rings. The molecule has 7 heteroatoms. The van der Waals surface area contributed by atoms with Gasteiger partial charge in [0.05, 0.1) is 6.54 Å². The molecular weight excluding hydrogens is 536 g/mol. The van der Waals surface area contributed by atoms with Crippen LogP contribution in [0, 0.1) is 11.6 Å². The quantitative estimate of drug-likeness (QED) is 0.169. The van der Waals surface area contributed by atoms with Crippen molar-refractivity contribution < 1.29 is 13.6 Å². The van der Waals surface area contributed by atoms with Crippen molar-refractivity contribution in [2.24, 2.45) is 0 Å². The van der Waals surface area contributed by atoms with Gasteiger partial charge in [-0.05, 0) is 41.3 Å². The molecule has 4 aromatic carbocycles. The van der Waals surface area contributed by atoms with Crippen LogP contribution < -0.4 is 5.32 Å². The van der Waals surface area contributed by atoms with E-state index in [1.165, 1.54) is 40.7 Å². The summed E-state index contributed by atoms with van der Waals surface area (Å²) in [5.41, 5.74) is 4.26. The van der Waals surface area contributed by atoms with E-state index in [1.54, 1.807) is 35.7 Å². The van der Waals surface area contributed by atoms with Crippen LogP contribution in [0.1, 0.15) is 50.1 Å². The van der Waals surface area contributed by atoms with Crippen LogP contribution in [-0.2, 0) is 19.6 Å². The maximum atomic E-state index is 14.4. The first-order chi connectivity index (χ1) is 20.0. The zero-order valence-electron chi connectivity index (χ0n) is 22.5. The lowest BCUT2D eigenvalue weighted by Gasteiger charge is -2.22. The fraction of sp³-hybridized carbons (Fsp3) is 0.176. The number of nitrogens with one attached hydrogen (secondary N) is 1. The second-order valence-corrected chi connectivity index (χ2v) is 10.9. The average Bonchev–Trinajstić information content (AvgIpc) is 3.47. The van der Waals surface area contributed by atoms with Gasteiger partial charge in [-0.1, -0.05) is 91.0 Å². The van der Waals surface area contributed by atoms with Crippen LogP contribution >= 0.6 is 11.3 Å². The zero-order valence-corrected chi connectivity index (χ0v) is 23.4. The van der Waals surface area contributed by atoms with Crippen LogP contribution in [0.25, 0.3) is 0 Å². The molecule has 0 aliphatic heterocycles. The van der Waals surface area contributed by atoms with Gasteiger partial charge in [-0.2, -0.15) is 0 Å². The summed E-state index contributed by atoms with van der Waals surface area (Å²) in [5, 5.41) is 5.54. The molecule has 5 aromatic rings. The first-order valence-corrected chi connectivity index (χ1v) is 14.5. The molecule has 0 aliphatic carbocycles. The SMILES string of the molecule is O=C(NCCC(c1ccccc1)c1ccccc1)c1csc(CN(Cc2ccc(F)cc2)Cc2ccccc2F)n1. The van der Waals surface area contributed by atoms with Gasteiger partial charge in [-0.15, -0.1) is 11.3 Å². The molecular formula is C34H31F2N3OS. The summed E-state index contributed by atoms with van der Waals surface area (Å²) in [6, 6.07) is 33.6. The van der Waals surface area contributed by atoms with Gasteiger partial charge >= 0.3 is 0 Å². The van der Waals surface area contributed by atoms with Gasteiger partial charge in [0.1, 0.15) is 22.3 Å². The molecule has 0 unspecified atom stereocenters. The van der Waals surface area contributed by atoms with E-state index in [1.807, 2.05) is 41.3 Å². The van der Waals surface area contributed by atoms with E-state index >= 15 is 0 Å². The molecule has 0 spiro atoms. The summed E-state index contributed by atoms with van der Waals surface area (Å²) in [6.07, 6.45) is 0.755. The highest BCUT2D eigenvalue weighted by Gasteiger charge is 2.18. The fourth-order valence-corrected chi connectivity index (χ4v) is 5.69. The minimum Gasteiger partial charge on any atom is -0.351 e. The molecule has 41 heavy (non-hydrogen) atoms. The van der Waals surface area contributed by atoms with Crippen LogP contribution in [-0.4, -0.2) is 22.3 Å². The number of carbonyl (C=O) groups is 1. The Hall–Kier alpha value is -4.20. The van der Waals surface area contributed by atoms with Gasteiger partial charge in [0, 0.05) is 36.5 Å². The molecule has 4 nitrogen and oxygen atoms in total. The molecule has 5 rings (SSSR count). The number of rotatable bonds is 12. The second-order valence-electron chi connectivity index (χ2n) is 9.91. The normalized spacial score (nSPS) is 11.2. The summed E-state index contributed by atoms with van der Waals surface area (Å²) in [4.78, 5) is 19.6. The number of aromatic nitrogens is 1. The average molecular weight is 568 g/mol. The molecule has 0 radical (unpaired) electrons. The Morgan fingerprint density at radius 2 is 1.41 bits per heavy atom. The monoisotopic (exact) mass is 567 g/mol. The van der Waals surface area contributed by atoms with Gasteiger partial charge in [-0.25, -0.2) is 13.8 Å². The first-order valence-electron chi connectivity index (χ1n) is 13.6. The van der Waals surface area contributed by atoms with Crippen LogP contribution in [0.5, 0.6) is 0 Å². The summed E-state index contributed by atoms with van der Waals surface area (Å²) in [7, 11) is 0. The highest BCUT2D eigenvalue weighted by atomic mass is 32.1. The van der Waals surface area contributed by atoms with E-state index in [2.05, 4.69) is 34.6 Å². The minimum absolute atomic E-state index is 0.169. The van der Waals surface area contributed by atoms with Crippen LogP contribution in [0.4, 0.5) is 8.78 Å². The van der Waals surface area contributed by atoms with Crippen molar-refractivity contribution in [3.63, 3.8) is 0 Å². The highest BCUT2D eigenvalue weighted by Crippen LogP contribution is 2.27. The number of nitrogens with zero attached hydrogens (tertiary/aromatic N) is 2. The molecule has 0 saturated heterocycles. The van der Waals surface area contributed by atoms with E-state index in [4.69, 9.17) is 0 Å². The number of benzene rings is 4. The Balaban J connectivity index is 1.23. The van der Waals surface area contributed by atoms with Crippen molar-refractivity contribution in [3.8, 4) is 0 Å². The number of halogens is 2. The van der Waals surface area contributed by atoms with Gasteiger partial charge in [-0.3, -0.25) is 9.69 Å². The number of carbonyl (C=O) groups excluding carboxylic acids is 1. The molecule has 0 bridgehead atoms. The third-order valence-electron chi connectivity index (χ3n) is 6.94. The largest absolute Gasteiger partial charge is 0.351 e. The molecule has 208 valence electrons. The minimum atomic E-state index is -0.302. The number of thiazole rings is 1. The summed E-state index contributed by atoms with van der Waals surface area (Å²) in [6.45, 7) is 1.76. The molecule has 1 amide bonds. The third kappa shape index (κ3) is 7.93.